The van der Waals surface area contributed by atoms with Gasteiger partial charge in [-0.15, -0.1) is 0 Å². The van der Waals surface area contributed by atoms with E-state index < -0.39 is 15.9 Å². The smallest absolute Gasteiger partial charge is 0.248 e. The van der Waals surface area contributed by atoms with Crippen LogP contribution in [-0.4, -0.2) is 36.9 Å². The van der Waals surface area contributed by atoms with Gasteiger partial charge in [-0.05, 0) is 88.3 Å². The van der Waals surface area contributed by atoms with E-state index in [1.807, 2.05) is 58.9 Å². The van der Waals surface area contributed by atoms with Gasteiger partial charge in [0.05, 0.1) is 5.92 Å². The fourth-order valence-corrected chi connectivity index (χ4v) is 6.93. The molecule has 7 nitrogen and oxygen atoms in total. The monoisotopic (exact) mass is 521 g/mol. The number of nitrogens with one attached hydrogen (secondary N) is 1. The van der Waals surface area contributed by atoms with Gasteiger partial charge >= 0.3 is 0 Å². The number of hydrogen-bond donors (Lipinski definition) is 1. The van der Waals surface area contributed by atoms with E-state index >= 15 is 0 Å². The molecule has 37 heavy (non-hydrogen) atoms. The minimum absolute atomic E-state index is 0.0574. The highest BCUT2D eigenvalue weighted by molar-refractivity contribution is 7.89. The van der Waals surface area contributed by atoms with Crippen molar-refractivity contribution in [1.29, 1.82) is 0 Å². The van der Waals surface area contributed by atoms with Crippen LogP contribution in [0.15, 0.2) is 39.8 Å². The lowest BCUT2D eigenvalue weighted by atomic mass is 9.98. The van der Waals surface area contributed by atoms with Crippen LogP contribution in [0, 0.1) is 47.5 Å². The molecule has 0 spiro atoms. The van der Waals surface area contributed by atoms with Crippen LogP contribution < -0.4 is 5.32 Å². The van der Waals surface area contributed by atoms with Gasteiger partial charge in [0.15, 0.2) is 10.7 Å². The van der Waals surface area contributed by atoms with Crippen LogP contribution in [0.3, 0.4) is 0 Å². The second kappa shape index (κ2) is 10.6. The van der Waals surface area contributed by atoms with Crippen LogP contribution in [-0.2, 0) is 14.8 Å². The summed E-state index contributed by atoms with van der Waals surface area (Å²) in [6.45, 7) is 12.1. The van der Waals surface area contributed by atoms with Crippen molar-refractivity contribution in [3.8, 4) is 0 Å². The number of aryl methyl sites for hydroxylation is 6. The summed E-state index contributed by atoms with van der Waals surface area (Å²) in [5.74, 6) is -0.414. The molecule has 0 saturated carbocycles. The van der Waals surface area contributed by atoms with Crippen LogP contribution in [0.5, 0.6) is 0 Å². The van der Waals surface area contributed by atoms with E-state index in [1.54, 1.807) is 13.0 Å². The third kappa shape index (κ3) is 5.55. The first-order valence-electron chi connectivity index (χ1n) is 12.6. The molecule has 196 valence electrons. The first-order chi connectivity index (χ1) is 17.5. The lowest BCUT2D eigenvalue weighted by Crippen LogP contribution is -2.44. The number of rotatable bonds is 6. The Morgan fingerprint density at radius 2 is 1.68 bits per heavy atom. The first-order valence-corrected chi connectivity index (χ1v) is 14.0. The minimum atomic E-state index is -3.92. The number of para-hydroxylation sites is 1. The molecule has 1 unspecified atom stereocenters. The third-order valence-electron chi connectivity index (χ3n) is 7.05. The van der Waals surface area contributed by atoms with Crippen molar-refractivity contribution >= 4 is 33.8 Å². The molecule has 1 N–H and O–H groups in total. The van der Waals surface area contributed by atoms with E-state index in [9.17, 15) is 13.2 Å². The summed E-state index contributed by atoms with van der Waals surface area (Å²) in [6.07, 6.45) is 4.78. The predicted molar refractivity (Wildman–Crippen MR) is 147 cm³/mol. The normalized spacial score (nSPS) is 16.9. The van der Waals surface area contributed by atoms with Crippen LogP contribution in [0.25, 0.3) is 12.2 Å². The second-order valence-electron chi connectivity index (χ2n) is 10.1. The van der Waals surface area contributed by atoms with Gasteiger partial charge in [0, 0.05) is 18.8 Å². The van der Waals surface area contributed by atoms with E-state index in [-0.39, 0.29) is 23.1 Å². The Morgan fingerprint density at radius 1 is 1.03 bits per heavy atom. The molecule has 1 atom stereocenters. The Kier molecular flexibility index (Phi) is 7.71. The van der Waals surface area contributed by atoms with Crippen molar-refractivity contribution in [2.75, 3.05) is 18.4 Å². The van der Waals surface area contributed by atoms with Gasteiger partial charge in [-0.3, -0.25) is 4.79 Å². The molecule has 1 fully saturated rings. The largest absolute Gasteiger partial charge is 0.355 e. The Labute approximate surface area is 219 Å². The summed E-state index contributed by atoms with van der Waals surface area (Å²) in [5, 5.41) is 7.00. The molecule has 1 saturated heterocycles. The van der Waals surface area contributed by atoms with Gasteiger partial charge in [-0.25, -0.2) is 8.42 Å². The molecule has 4 rings (SSSR count). The number of benzene rings is 2. The standard InChI is InChI=1S/C29H35N3O4S/c1-18-15-21(4)25(22(5)16-18)12-13-26-28(23(6)31-36-26)37(34,35)32-14-8-11-24(17-32)29(33)30-27-19(2)9-7-10-20(27)3/h7,9-10,12-13,15-16,24H,8,11,14,17H2,1-6H3,(H,30,33)/b13-12+. The number of hydrogen-bond acceptors (Lipinski definition) is 5. The topological polar surface area (TPSA) is 92.5 Å². The second-order valence-corrected chi connectivity index (χ2v) is 11.9. The van der Waals surface area contributed by atoms with Gasteiger partial charge in [0.1, 0.15) is 5.69 Å². The number of carbonyl (C=O) groups excluding carboxylic acids is 1. The number of nitrogens with zero attached hydrogens (tertiary/aromatic N) is 2. The Balaban J connectivity index is 1.58. The maximum atomic E-state index is 13.8. The summed E-state index contributed by atoms with van der Waals surface area (Å²) >= 11 is 0. The van der Waals surface area contributed by atoms with Gasteiger partial charge in [0.25, 0.3) is 0 Å². The van der Waals surface area contributed by atoms with Crippen molar-refractivity contribution < 1.29 is 17.7 Å². The molecule has 1 aromatic heterocycles. The number of amides is 1. The molecule has 0 bridgehead atoms. The van der Waals surface area contributed by atoms with Gasteiger partial charge in [0.2, 0.25) is 15.9 Å². The Morgan fingerprint density at radius 3 is 2.32 bits per heavy atom. The minimum Gasteiger partial charge on any atom is -0.355 e. The van der Waals surface area contributed by atoms with Crippen LogP contribution in [0.1, 0.15) is 57.7 Å². The molecule has 8 heteroatoms. The van der Waals surface area contributed by atoms with Crippen LogP contribution in [0.2, 0.25) is 0 Å². The quantitative estimate of drug-likeness (QED) is 0.447. The average Bonchev–Trinajstić information content (AvgIpc) is 3.21. The number of piperidine rings is 1. The van der Waals surface area contributed by atoms with Crippen LogP contribution in [0.4, 0.5) is 5.69 Å². The van der Waals surface area contributed by atoms with E-state index in [4.69, 9.17) is 4.52 Å². The molecule has 1 amide bonds. The lowest BCUT2D eigenvalue weighted by molar-refractivity contribution is -0.120. The highest BCUT2D eigenvalue weighted by Gasteiger charge is 2.37. The fraction of sp³-hybridized carbons (Fsp3) is 0.379. The van der Waals surface area contributed by atoms with Crippen molar-refractivity contribution in [2.45, 2.75) is 59.3 Å². The summed E-state index contributed by atoms with van der Waals surface area (Å²) < 4.78 is 34.4. The van der Waals surface area contributed by atoms with E-state index in [0.29, 0.717) is 25.1 Å². The first kappa shape index (κ1) is 26.8. The lowest BCUT2D eigenvalue weighted by Gasteiger charge is -2.31. The zero-order valence-electron chi connectivity index (χ0n) is 22.4. The number of sulfonamides is 1. The molecule has 1 aliphatic rings. The fourth-order valence-electron chi connectivity index (χ4n) is 5.15. The van der Waals surface area contributed by atoms with Crippen molar-refractivity contribution in [1.82, 2.24) is 9.46 Å². The Bertz CT molecular complexity index is 1430. The molecule has 2 heterocycles. The highest BCUT2D eigenvalue weighted by atomic mass is 32.2. The predicted octanol–water partition coefficient (Wildman–Crippen LogP) is 5.73. The molecule has 0 radical (unpaired) electrons. The number of aromatic nitrogens is 1. The van der Waals surface area contributed by atoms with Crippen molar-refractivity contribution in [2.24, 2.45) is 5.92 Å². The van der Waals surface area contributed by atoms with E-state index in [1.165, 1.54) is 9.87 Å². The molecular weight excluding hydrogens is 486 g/mol. The molecule has 1 aliphatic heterocycles. The summed E-state index contributed by atoms with van der Waals surface area (Å²) in [7, 11) is -3.92. The SMILES string of the molecule is Cc1cc(C)c(/C=C/c2onc(C)c2S(=O)(=O)N2CCCC(C(=O)Nc3c(C)cccc3C)C2)c(C)c1. The number of carbonyl (C=O) groups is 1. The maximum Gasteiger partial charge on any atom is 0.248 e. The molecule has 3 aromatic rings. The summed E-state index contributed by atoms with van der Waals surface area (Å²) in [6, 6.07) is 10.0. The molecular formula is C29H35N3O4S. The summed E-state index contributed by atoms with van der Waals surface area (Å²) in [5.41, 5.74) is 7.44. The zero-order valence-corrected chi connectivity index (χ0v) is 23.2. The van der Waals surface area contributed by atoms with Gasteiger partial charge in [-0.1, -0.05) is 47.1 Å². The number of anilines is 1. The van der Waals surface area contributed by atoms with E-state index in [0.717, 1.165) is 33.5 Å². The van der Waals surface area contributed by atoms with Gasteiger partial charge in [-0.2, -0.15) is 4.31 Å². The van der Waals surface area contributed by atoms with Gasteiger partial charge < -0.3 is 9.84 Å². The van der Waals surface area contributed by atoms with E-state index in [2.05, 4.69) is 22.6 Å². The Hall–Kier alpha value is -3.23. The van der Waals surface area contributed by atoms with Crippen molar-refractivity contribution in [3.05, 3.63) is 75.2 Å². The summed E-state index contributed by atoms with van der Waals surface area (Å²) in [4.78, 5) is 13.2. The average molecular weight is 522 g/mol. The molecule has 2 aromatic carbocycles. The third-order valence-corrected chi connectivity index (χ3v) is 9.08. The van der Waals surface area contributed by atoms with Crippen LogP contribution >= 0.6 is 0 Å². The maximum absolute atomic E-state index is 13.8. The molecule has 0 aliphatic carbocycles. The highest BCUT2D eigenvalue weighted by Crippen LogP contribution is 2.31. The zero-order chi connectivity index (χ0) is 26.9. The van der Waals surface area contributed by atoms with Crippen molar-refractivity contribution in [3.63, 3.8) is 0 Å².